The van der Waals surface area contributed by atoms with E-state index < -0.39 is 6.16 Å². The molecule has 10 nitrogen and oxygen atoms in total. The lowest BCUT2D eigenvalue weighted by Gasteiger charge is -2.31. The van der Waals surface area contributed by atoms with E-state index in [4.69, 9.17) is 9.47 Å². The molecule has 1 amide bonds. The molecule has 2 N–H and O–H groups in total. The zero-order valence-electron chi connectivity index (χ0n) is 24.6. The number of hydrogen-bond acceptors (Lipinski definition) is 9. The van der Waals surface area contributed by atoms with Crippen molar-refractivity contribution in [3.05, 3.63) is 95.9 Å². The third-order valence-corrected chi connectivity index (χ3v) is 7.28. The molecule has 0 aliphatic carbocycles. The summed E-state index contributed by atoms with van der Waals surface area (Å²) in [6, 6.07) is 19.2. The lowest BCUT2D eigenvalue weighted by molar-refractivity contribution is -0.00645. The van der Waals surface area contributed by atoms with Crippen LogP contribution in [0, 0.1) is 6.92 Å². The number of nitrogens with one attached hydrogen (secondary N) is 2. The topological polar surface area (TPSA) is 119 Å². The van der Waals surface area contributed by atoms with Gasteiger partial charge in [0.15, 0.2) is 0 Å². The number of carbonyl (C=O) groups is 2. The molecule has 10 heteroatoms. The fraction of sp³-hybridized carbons (Fsp3) is 0.303. The molecule has 1 aliphatic rings. The van der Waals surface area contributed by atoms with Gasteiger partial charge in [0.2, 0.25) is 5.95 Å². The Balaban J connectivity index is 1.16. The first-order valence-electron chi connectivity index (χ1n) is 14.4. The molecule has 0 radical (unpaired) electrons. The number of nitrogens with zero attached hydrogens (tertiary/aromatic N) is 4. The summed E-state index contributed by atoms with van der Waals surface area (Å²) < 4.78 is 10.2. The van der Waals surface area contributed by atoms with Crippen molar-refractivity contribution in [2.24, 2.45) is 0 Å². The van der Waals surface area contributed by atoms with Crippen molar-refractivity contribution < 1.29 is 19.1 Å². The molecule has 0 unspecified atom stereocenters. The van der Waals surface area contributed by atoms with Gasteiger partial charge in [-0.25, -0.2) is 14.8 Å². The van der Waals surface area contributed by atoms with Crippen molar-refractivity contribution in [2.45, 2.75) is 45.6 Å². The van der Waals surface area contributed by atoms with Crippen LogP contribution in [0.2, 0.25) is 0 Å². The number of rotatable bonds is 9. The van der Waals surface area contributed by atoms with E-state index >= 15 is 0 Å². The monoisotopic (exact) mass is 580 g/mol. The molecule has 0 atom stereocenters. The van der Waals surface area contributed by atoms with E-state index in [1.807, 2.05) is 43.3 Å². The van der Waals surface area contributed by atoms with E-state index in [1.54, 1.807) is 44.6 Å². The van der Waals surface area contributed by atoms with E-state index in [9.17, 15) is 9.59 Å². The van der Waals surface area contributed by atoms with Gasteiger partial charge >= 0.3 is 6.16 Å². The van der Waals surface area contributed by atoms with Crippen LogP contribution >= 0.6 is 0 Å². The number of benzene rings is 2. The second kappa shape index (κ2) is 13.9. The first-order chi connectivity index (χ1) is 20.8. The summed E-state index contributed by atoms with van der Waals surface area (Å²) in [5, 5.41) is 6.26. The van der Waals surface area contributed by atoms with E-state index in [0.717, 1.165) is 54.1 Å². The molecule has 5 rings (SSSR count). The summed E-state index contributed by atoms with van der Waals surface area (Å²) in [6.45, 7) is 7.46. The summed E-state index contributed by atoms with van der Waals surface area (Å²) in [7, 11) is 0. The predicted octanol–water partition coefficient (Wildman–Crippen LogP) is 6.54. The highest BCUT2D eigenvalue weighted by Gasteiger charge is 2.22. The number of hydrogen-bond donors (Lipinski definition) is 2. The minimum atomic E-state index is -0.631. The zero-order chi connectivity index (χ0) is 30.2. The van der Waals surface area contributed by atoms with E-state index in [0.29, 0.717) is 17.4 Å². The van der Waals surface area contributed by atoms with Crippen molar-refractivity contribution in [1.29, 1.82) is 0 Å². The minimum Gasteiger partial charge on any atom is -0.432 e. The number of aromatic nitrogens is 3. The van der Waals surface area contributed by atoms with Gasteiger partial charge in [0.05, 0.1) is 11.8 Å². The Morgan fingerprint density at radius 1 is 1.02 bits per heavy atom. The van der Waals surface area contributed by atoms with Gasteiger partial charge in [0.25, 0.3) is 5.91 Å². The summed E-state index contributed by atoms with van der Waals surface area (Å²) in [6.07, 6.45) is 6.26. The molecule has 2 aromatic heterocycles. The highest BCUT2D eigenvalue weighted by atomic mass is 16.7. The highest BCUT2D eigenvalue weighted by Crippen LogP contribution is 2.29. The normalized spacial score (nSPS) is 13.9. The number of pyridine rings is 1. The van der Waals surface area contributed by atoms with Crippen LogP contribution < -0.4 is 10.6 Å². The Hall–Kier alpha value is -4.83. The van der Waals surface area contributed by atoms with Gasteiger partial charge in [-0.3, -0.25) is 14.7 Å². The number of anilines is 3. The van der Waals surface area contributed by atoms with Gasteiger partial charge < -0.3 is 20.1 Å². The number of amides is 1. The molecule has 43 heavy (non-hydrogen) atoms. The second-order valence-corrected chi connectivity index (χ2v) is 10.8. The van der Waals surface area contributed by atoms with Crippen LogP contribution in [0.15, 0.2) is 79.3 Å². The number of carbonyl (C=O) groups excluding carboxylic acids is 2. The summed E-state index contributed by atoms with van der Waals surface area (Å²) in [5.74, 6) is 0.642. The Morgan fingerprint density at radius 2 is 1.81 bits per heavy atom. The summed E-state index contributed by atoms with van der Waals surface area (Å²) in [4.78, 5) is 40.0. The molecule has 0 saturated carbocycles. The van der Waals surface area contributed by atoms with Crippen LogP contribution in [0.1, 0.15) is 54.1 Å². The van der Waals surface area contributed by atoms with Crippen molar-refractivity contribution in [3.8, 4) is 11.3 Å². The maximum atomic E-state index is 13.1. The van der Waals surface area contributed by atoms with Gasteiger partial charge in [-0.05, 0) is 93.1 Å². The fourth-order valence-corrected chi connectivity index (χ4v) is 4.92. The van der Waals surface area contributed by atoms with Gasteiger partial charge in [-0.2, -0.15) is 0 Å². The molecular weight excluding hydrogens is 544 g/mol. The van der Waals surface area contributed by atoms with Crippen LogP contribution in [0.3, 0.4) is 0 Å². The number of piperidine rings is 1. The van der Waals surface area contributed by atoms with Gasteiger partial charge in [-0.15, -0.1) is 0 Å². The van der Waals surface area contributed by atoms with E-state index in [-0.39, 0.29) is 18.7 Å². The van der Waals surface area contributed by atoms with Crippen molar-refractivity contribution in [3.63, 3.8) is 0 Å². The largest absolute Gasteiger partial charge is 0.509 e. The van der Waals surface area contributed by atoms with Crippen molar-refractivity contribution in [1.82, 2.24) is 19.9 Å². The third-order valence-electron chi connectivity index (χ3n) is 7.28. The molecule has 0 bridgehead atoms. The van der Waals surface area contributed by atoms with Gasteiger partial charge in [0, 0.05) is 54.2 Å². The molecule has 222 valence electrons. The lowest BCUT2D eigenvalue weighted by atomic mass is 9.89. The Kier molecular flexibility index (Phi) is 9.58. The molecular formula is C33H36N6O4. The molecule has 0 spiro atoms. The Labute approximate surface area is 251 Å². The molecule has 3 heterocycles. The van der Waals surface area contributed by atoms with Gasteiger partial charge in [0.1, 0.15) is 6.73 Å². The third kappa shape index (κ3) is 8.14. The predicted molar refractivity (Wildman–Crippen MR) is 165 cm³/mol. The van der Waals surface area contributed by atoms with Crippen LogP contribution in [0.25, 0.3) is 11.3 Å². The Bertz CT molecular complexity index is 1540. The number of ether oxygens (including phenoxy) is 2. The quantitative estimate of drug-likeness (QED) is 0.213. The maximum absolute atomic E-state index is 13.1. The van der Waals surface area contributed by atoms with E-state index in [1.165, 1.54) is 5.56 Å². The SMILES string of the molecule is Cc1ccc(C(=O)Nc2ccc(C3CCN(COC(=O)OC(C)C)CC3)cc2)cc1Nc1nccc(-c2cccnc2)n1. The smallest absolute Gasteiger partial charge is 0.432 e. The Morgan fingerprint density at radius 3 is 2.53 bits per heavy atom. The summed E-state index contributed by atoms with van der Waals surface area (Å²) >= 11 is 0. The fourth-order valence-electron chi connectivity index (χ4n) is 4.92. The second-order valence-electron chi connectivity index (χ2n) is 10.8. The van der Waals surface area contributed by atoms with Gasteiger partial charge in [-0.1, -0.05) is 18.2 Å². The first kappa shape index (κ1) is 29.7. The minimum absolute atomic E-state index is 0.195. The maximum Gasteiger partial charge on any atom is 0.509 e. The van der Waals surface area contributed by atoms with Crippen molar-refractivity contribution in [2.75, 3.05) is 30.5 Å². The molecule has 2 aromatic carbocycles. The van der Waals surface area contributed by atoms with Crippen LogP contribution in [0.5, 0.6) is 0 Å². The van der Waals surface area contributed by atoms with Crippen LogP contribution in [0.4, 0.5) is 22.1 Å². The highest BCUT2D eigenvalue weighted by molar-refractivity contribution is 6.05. The zero-order valence-corrected chi connectivity index (χ0v) is 24.6. The number of likely N-dealkylation sites (tertiary alicyclic amines) is 1. The molecule has 1 fully saturated rings. The number of aryl methyl sites for hydroxylation is 1. The van der Waals surface area contributed by atoms with Crippen LogP contribution in [-0.2, 0) is 9.47 Å². The average molecular weight is 581 g/mol. The molecule has 1 aliphatic heterocycles. The standard InChI is InChI=1S/C33H36N6O4/c1-22(2)43-33(41)42-21-39-17-13-25(14-18-39)24-8-10-28(11-9-24)36-31(40)26-7-6-23(3)30(19-26)38-32-35-16-12-29(37-32)27-5-4-15-34-20-27/h4-12,15-16,19-20,22,25H,13-14,17-18,21H2,1-3H3,(H,36,40)(H,35,37,38). The van der Waals surface area contributed by atoms with E-state index in [2.05, 4.69) is 42.6 Å². The summed E-state index contributed by atoms with van der Waals surface area (Å²) in [5.41, 5.74) is 5.84. The van der Waals surface area contributed by atoms with Crippen molar-refractivity contribution >= 4 is 29.4 Å². The molecule has 4 aromatic rings. The average Bonchev–Trinajstić information content (AvgIpc) is 3.02. The lowest BCUT2D eigenvalue weighted by Crippen LogP contribution is -2.35. The first-order valence-corrected chi connectivity index (χ1v) is 14.4. The molecule has 1 saturated heterocycles. The van der Waals surface area contributed by atoms with Crippen LogP contribution in [-0.4, -0.2) is 57.8 Å².